The van der Waals surface area contributed by atoms with Crippen molar-refractivity contribution in [3.8, 4) is 12.3 Å². The SMILES string of the molecule is C#CC(CCC)NC(=O)NC(C(=O)O)C(C)CC. The molecule has 3 unspecified atom stereocenters. The second kappa shape index (κ2) is 8.40. The quantitative estimate of drug-likeness (QED) is 0.604. The highest BCUT2D eigenvalue weighted by molar-refractivity contribution is 5.83. The molecule has 0 aliphatic rings. The monoisotopic (exact) mass is 254 g/mol. The van der Waals surface area contributed by atoms with Crippen LogP contribution in [0.25, 0.3) is 0 Å². The summed E-state index contributed by atoms with van der Waals surface area (Å²) in [6.07, 6.45) is 7.47. The molecule has 0 rings (SSSR count). The molecule has 0 aromatic rings. The Kier molecular flexibility index (Phi) is 7.61. The molecule has 0 heterocycles. The maximum absolute atomic E-state index is 11.6. The number of amides is 2. The van der Waals surface area contributed by atoms with Gasteiger partial charge in [-0.3, -0.25) is 0 Å². The lowest BCUT2D eigenvalue weighted by molar-refractivity contribution is -0.140. The number of carboxylic acid groups (broad SMARTS) is 1. The van der Waals surface area contributed by atoms with Crippen LogP contribution in [-0.2, 0) is 4.79 Å². The summed E-state index contributed by atoms with van der Waals surface area (Å²) in [6, 6.07) is -1.78. The van der Waals surface area contributed by atoms with Crippen molar-refractivity contribution in [1.82, 2.24) is 10.6 Å². The van der Waals surface area contributed by atoms with Crippen LogP contribution in [0.2, 0.25) is 0 Å². The Morgan fingerprint density at radius 1 is 1.33 bits per heavy atom. The second-order valence-corrected chi connectivity index (χ2v) is 4.33. The average molecular weight is 254 g/mol. The number of urea groups is 1. The molecule has 0 bridgehead atoms. The van der Waals surface area contributed by atoms with Crippen molar-refractivity contribution in [2.24, 2.45) is 5.92 Å². The number of carboxylic acids is 1. The molecule has 0 fully saturated rings. The van der Waals surface area contributed by atoms with Crippen LogP contribution in [-0.4, -0.2) is 29.2 Å². The topological polar surface area (TPSA) is 78.4 Å². The minimum atomic E-state index is -1.03. The van der Waals surface area contributed by atoms with Crippen molar-refractivity contribution in [1.29, 1.82) is 0 Å². The Morgan fingerprint density at radius 3 is 2.33 bits per heavy atom. The van der Waals surface area contributed by atoms with E-state index in [1.165, 1.54) is 0 Å². The van der Waals surface area contributed by atoms with Gasteiger partial charge in [-0.25, -0.2) is 9.59 Å². The van der Waals surface area contributed by atoms with Crippen molar-refractivity contribution in [2.75, 3.05) is 0 Å². The fourth-order valence-electron chi connectivity index (χ4n) is 1.51. The molecule has 0 spiro atoms. The number of hydrogen-bond acceptors (Lipinski definition) is 2. The lowest BCUT2D eigenvalue weighted by Gasteiger charge is -2.21. The predicted octanol–water partition coefficient (Wildman–Crippen LogP) is 1.59. The molecule has 2 amide bonds. The largest absolute Gasteiger partial charge is 0.480 e. The van der Waals surface area contributed by atoms with Gasteiger partial charge >= 0.3 is 12.0 Å². The first-order valence-electron chi connectivity index (χ1n) is 6.22. The lowest BCUT2D eigenvalue weighted by atomic mass is 9.99. The molecule has 0 saturated heterocycles. The fourth-order valence-corrected chi connectivity index (χ4v) is 1.51. The van der Waals surface area contributed by atoms with Crippen LogP contribution in [0.4, 0.5) is 4.79 Å². The summed E-state index contributed by atoms with van der Waals surface area (Å²) in [6.45, 7) is 5.62. The van der Waals surface area contributed by atoms with E-state index >= 15 is 0 Å². The highest BCUT2D eigenvalue weighted by Crippen LogP contribution is 2.07. The van der Waals surface area contributed by atoms with Crippen molar-refractivity contribution < 1.29 is 14.7 Å². The highest BCUT2D eigenvalue weighted by atomic mass is 16.4. The number of carbonyl (C=O) groups is 2. The van der Waals surface area contributed by atoms with E-state index < -0.39 is 18.0 Å². The van der Waals surface area contributed by atoms with Crippen LogP contribution in [0.1, 0.15) is 40.0 Å². The number of aliphatic carboxylic acids is 1. The maximum Gasteiger partial charge on any atom is 0.326 e. The van der Waals surface area contributed by atoms with E-state index in [0.29, 0.717) is 12.8 Å². The number of nitrogens with one attached hydrogen (secondary N) is 2. The second-order valence-electron chi connectivity index (χ2n) is 4.33. The molecule has 0 radical (unpaired) electrons. The predicted molar refractivity (Wildman–Crippen MR) is 70.1 cm³/mol. The smallest absolute Gasteiger partial charge is 0.326 e. The van der Waals surface area contributed by atoms with Crippen molar-refractivity contribution in [3.63, 3.8) is 0 Å². The molecule has 3 atom stereocenters. The number of rotatable bonds is 7. The zero-order valence-electron chi connectivity index (χ0n) is 11.2. The molecular weight excluding hydrogens is 232 g/mol. The number of terminal acetylenes is 1. The Hall–Kier alpha value is -1.70. The van der Waals surface area contributed by atoms with E-state index in [4.69, 9.17) is 11.5 Å². The number of carbonyl (C=O) groups excluding carboxylic acids is 1. The summed E-state index contributed by atoms with van der Waals surface area (Å²) in [5, 5.41) is 14.1. The average Bonchev–Trinajstić information content (AvgIpc) is 2.34. The zero-order valence-corrected chi connectivity index (χ0v) is 11.2. The molecular formula is C13H22N2O3. The van der Waals surface area contributed by atoms with Gasteiger partial charge in [-0.1, -0.05) is 39.5 Å². The zero-order chi connectivity index (χ0) is 14.1. The molecule has 0 aliphatic carbocycles. The Balaban J connectivity index is 4.43. The summed E-state index contributed by atoms with van der Waals surface area (Å²) in [4.78, 5) is 22.7. The van der Waals surface area contributed by atoms with Gasteiger partial charge in [0.1, 0.15) is 6.04 Å². The number of hydrogen-bond donors (Lipinski definition) is 3. The van der Waals surface area contributed by atoms with Crippen molar-refractivity contribution in [3.05, 3.63) is 0 Å². The van der Waals surface area contributed by atoms with E-state index in [-0.39, 0.29) is 12.0 Å². The van der Waals surface area contributed by atoms with E-state index in [9.17, 15) is 9.59 Å². The van der Waals surface area contributed by atoms with Crippen LogP contribution < -0.4 is 10.6 Å². The molecule has 0 aliphatic heterocycles. The van der Waals surface area contributed by atoms with Gasteiger partial charge in [0.05, 0.1) is 6.04 Å². The normalized spacial score (nSPS) is 15.0. The minimum Gasteiger partial charge on any atom is -0.480 e. The Labute approximate surface area is 108 Å². The van der Waals surface area contributed by atoms with E-state index in [0.717, 1.165) is 6.42 Å². The van der Waals surface area contributed by atoms with Crippen LogP contribution >= 0.6 is 0 Å². The van der Waals surface area contributed by atoms with Crippen LogP contribution in [0.3, 0.4) is 0 Å². The highest BCUT2D eigenvalue weighted by Gasteiger charge is 2.25. The van der Waals surface area contributed by atoms with Crippen molar-refractivity contribution >= 4 is 12.0 Å². The third-order valence-corrected chi connectivity index (χ3v) is 2.85. The van der Waals surface area contributed by atoms with Crippen molar-refractivity contribution in [2.45, 2.75) is 52.1 Å². The minimum absolute atomic E-state index is 0.135. The van der Waals surface area contributed by atoms with Gasteiger partial charge in [0.2, 0.25) is 0 Å². The fraction of sp³-hybridized carbons (Fsp3) is 0.692. The summed E-state index contributed by atoms with van der Waals surface area (Å²) in [7, 11) is 0. The Morgan fingerprint density at radius 2 is 1.94 bits per heavy atom. The third-order valence-electron chi connectivity index (χ3n) is 2.85. The van der Waals surface area contributed by atoms with Gasteiger partial charge in [-0.2, -0.15) is 0 Å². The third kappa shape index (κ3) is 5.58. The molecule has 3 N–H and O–H groups in total. The van der Waals surface area contributed by atoms with E-state index in [1.54, 1.807) is 6.92 Å². The van der Waals surface area contributed by atoms with Gasteiger partial charge in [0.25, 0.3) is 0 Å². The van der Waals surface area contributed by atoms with Gasteiger partial charge < -0.3 is 15.7 Å². The van der Waals surface area contributed by atoms with E-state index in [1.807, 2.05) is 13.8 Å². The van der Waals surface area contributed by atoms with Gasteiger partial charge in [-0.05, 0) is 12.3 Å². The summed E-state index contributed by atoms with van der Waals surface area (Å²) >= 11 is 0. The first-order valence-corrected chi connectivity index (χ1v) is 6.22. The molecule has 18 heavy (non-hydrogen) atoms. The van der Waals surface area contributed by atoms with Crippen LogP contribution in [0, 0.1) is 18.3 Å². The molecule has 5 nitrogen and oxygen atoms in total. The summed E-state index contributed by atoms with van der Waals surface area (Å²) in [5.74, 6) is 1.29. The molecule has 5 heteroatoms. The lowest BCUT2D eigenvalue weighted by Crippen LogP contribution is -2.51. The maximum atomic E-state index is 11.6. The molecule has 102 valence electrons. The van der Waals surface area contributed by atoms with Crippen LogP contribution in [0.15, 0.2) is 0 Å². The van der Waals surface area contributed by atoms with Gasteiger partial charge in [0, 0.05) is 0 Å². The van der Waals surface area contributed by atoms with Gasteiger partial charge in [0.15, 0.2) is 0 Å². The summed E-state index contributed by atoms with van der Waals surface area (Å²) < 4.78 is 0. The molecule has 0 aromatic carbocycles. The molecule has 0 aromatic heterocycles. The van der Waals surface area contributed by atoms with Crippen LogP contribution in [0.5, 0.6) is 0 Å². The Bertz CT molecular complexity index is 323. The summed E-state index contributed by atoms with van der Waals surface area (Å²) in [5.41, 5.74) is 0. The van der Waals surface area contributed by atoms with E-state index in [2.05, 4.69) is 16.6 Å². The standard InChI is InChI=1S/C13H22N2O3/c1-5-8-10(7-3)14-13(18)15-11(12(16)17)9(4)6-2/h3,9-11H,5-6,8H2,1-2,4H3,(H,16,17)(H2,14,15,18). The molecule has 0 saturated carbocycles. The first-order chi connectivity index (χ1) is 8.46. The first kappa shape index (κ1) is 16.3. The van der Waals surface area contributed by atoms with Gasteiger partial charge in [-0.15, -0.1) is 6.42 Å².